The Balaban J connectivity index is 1.34. The molecule has 0 N–H and O–H groups in total. The first-order chi connectivity index (χ1) is 28.3. The second-order valence-corrected chi connectivity index (χ2v) is 26.0. The van der Waals surface area contributed by atoms with Gasteiger partial charge in [0.1, 0.15) is 0 Å². The van der Waals surface area contributed by atoms with E-state index < -0.39 is 31.7 Å². The molecule has 0 nitrogen and oxygen atoms in total. The average Bonchev–Trinajstić information content (AvgIpc) is 3.30. The minimum absolute atomic E-state index is 0.450. The van der Waals surface area contributed by atoms with E-state index in [0.29, 0.717) is 24.1 Å². The summed E-state index contributed by atoms with van der Waals surface area (Å²) < 4.78 is 0.900. The normalized spacial score (nSPS) is 12.6. The van der Waals surface area contributed by atoms with Gasteiger partial charge in [-0.15, -0.1) is 0 Å². The zero-order valence-corrected chi connectivity index (χ0v) is 36.6. The molecule has 8 aromatic rings. The van der Waals surface area contributed by atoms with Crippen LogP contribution in [0.15, 0.2) is 243 Å². The van der Waals surface area contributed by atoms with Crippen LogP contribution >= 0.6 is 31.7 Å². The summed E-state index contributed by atoms with van der Waals surface area (Å²) >= 11 is 0.683. The summed E-state index contributed by atoms with van der Waals surface area (Å²) in [7, 11) is -2.68. The van der Waals surface area contributed by atoms with Gasteiger partial charge in [0, 0.05) is 0 Å². The molecule has 0 bridgehead atoms. The van der Waals surface area contributed by atoms with E-state index in [1.807, 2.05) is 0 Å². The van der Waals surface area contributed by atoms with Crippen LogP contribution in [-0.4, -0.2) is 21.4 Å². The fraction of sp³-hybridized carbons (Fsp3) is 0.0769. The quantitative estimate of drug-likeness (QED) is 0.0672. The van der Waals surface area contributed by atoms with E-state index in [2.05, 4.69) is 243 Å². The van der Waals surface area contributed by atoms with Crippen LogP contribution in [-0.2, 0) is 15.0 Å². The molecule has 0 radical (unpaired) electrons. The van der Waals surface area contributed by atoms with E-state index >= 15 is 0 Å². The molecule has 0 saturated carbocycles. The van der Waals surface area contributed by atoms with Crippen LogP contribution in [0.4, 0.5) is 0 Å². The van der Waals surface area contributed by atoms with Gasteiger partial charge in [-0.2, -0.15) is 0 Å². The topological polar surface area (TPSA) is 0 Å². The predicted octanol–water partition coefficient (Wildman–Crippen LogP) is 9.98. The molecule has 0 aliphatic heterocycles. The van der Waals surface area contributed by atoms with Gasteiger partial charge in [0.25, 0.3) is 0 Å². The van der Waals surface area contributed by atoms with Crippen molar-refractivity contribution in [2.45, 2.75) is 9.11 Å². The third kappa shape index (κ3) is 10.4. The number of hydrogen-bond donors (Lipinski definition) is 0. The van der Waals surface area contributed by atoms with Gasteiger partial charge < -0.3 is 0 Å². The van der Waals surface area contributed by atoms with E-state index in [1.165, 1.54) is 42.4 Å². The zero-order chi connectivity index (χ0) is 38.5. The summed E-state index contributed by atoms with van der Waals surface area (Å²) in [5, 5.41) is 11.8. The summed E-state index contributed by atoms with van der Waals surface area (Å²) in [6.07, 6.45) is 2.27. The first-order valence-electron chi connectivity index (χ1n) is 19.5. The summed E-state index contributed by atoms with van der Waals surface area (Å²) in [5.74, 6) is 0. The molecule has 0 aliphatic carbocycles. The second kappa shape index (κ2) is 20.6. The maximum atomic E-state index is 2.41. The molecule has 283 valence electrons. The molecule has 5 heteroatoms. The van der Waals surface area contributed by atoms with Crippen molar-refractivity contribution in [1.29, 1.82) is 0 Å². The zero-order valence-electron chi connectivity index (χ0n) is 31.8. The SMILES string of the molecule is c1ccc(P(C[CH]([FeH][CH](CP(c2ccccc2)c2ccccc2)P(c2ccccc2)c2ccccc2)P(c2ccccc2)c2ccccc2)c2ccccc2)cc1. The Bertz CT molecular complexity index is 2010. The van der Waals surface area contributed by atoms with E-state index in [1.54, 1.807) is 0 Å². The van der Waals surface area contributed by atoms with E-state index in [9.17, 15) is 0 Å². The Morgan fingerprint density at radius 2 is 0.421 bits per heavy atom. The van der Waals surface area contributed by atoms with Crippen LogP contribution in [0.3, 0.4) is 0 Å². The van der Waals surface area contributed by atoms with Crippen LogP contribution in [0.25, 0.3) is 0 Å². The molecule has 0 heterocycles. The van der Waals surface area contributed by atoms with E-state index in [4.69, 9.17) is 0 Å². The van der Waals surface area contributed by atoms with Gasteiger partial charge in [-0.05, 0) is 0 Å². The monoisotopic (exact) mass is 851 g/mol. The molecular weight excluding hydrogens is 804 g/mol. The van der Waals surface area contributed by atoms with Crippen molar-refractivity contribution in [3.05, 3.63) is 243 Å². The molecule has 8 rings (SSSR count). The van der Waals surface area contributed by atoms with Crippen molar-refractivity contribution < 1.29 is 15.0 Å². The summed E-state index contributed by atoms with van der Waals surface area (Å²) in [5.41, 5.74) is 0. The van der Waals surface area contributed by atoms with Gasteiger partial charge in [0.05, 0.1) is 0 Å². The van der Waals surface area contributed by atoms with E-state index in [0.717, 1.165) is 12.3 Å². The number of rotatable bonds is 16. The Morgan fingerprint density at radius 1 is 0.246 bits per heavy atom. The Hall–Kier alpha value is -4.00. The molecule has 0 amide bonds. The molecular formula is C52H47FeP4. The molecule has 57 heavy (non-hydrogen) atoms. The molecule has 0 aliphatic rings. The van der Waals surface area contributed by atoms with Gasteiger partial charge in [-0.3, -0.25) is 0 Å². The molecule has 0 fully saturated rings. The summed E-state index contributed by atoms with van der Waals surface area (Å²) in [6.45, 7) is 0. The van der Waals surface area contributed by atoms with Crippen LogP contribution in [0.2, 0.25) is 0 Å². The van der Waals surface area contributed by atoms with Gasteiger partial charge in [-0.1, -0.05) is 0 Å². The molecule has 8 aromatic carbocycles. The minimum atomic E-state index is -0.708. The van der Waals surface area contributed by atoms with Gasteiger partial charge in [0.15, 0.2) is 0 Å². The number of hydrogen-bond acceptors (Lipinski definition) is 0. The van der Waals surface area contributed by atoms with Crippen molar-refractivity contribution in [2.24, 2.45) is 0 Å². The summed E-state index contributed by atoms with van der Waals surface area (Å²) in [6, 6.07) is 91.7. The maximum absolute atomic E-state index is 2.41. The predicted molar refractivity (Wildman–Crippen MR) is 255 cm³/mol. The van der Waals surface area contributed by atoms with Crippen LogP contribution in [0.5, 0.6) is 0 Å². The number of benzene rings is 8. The fourth-order valence-electron chi connectivity index (χ4n) is 7.28. The van der Waals surface area contributed by atoms with Crippen molar-refractivity contribution >= 4 is 74.1 Å². The molecule has 2 atom stereocenters. The molecule has 0 spiro atoms. The molecule has 0 aromatic heterocycles. The van der Waals surface area contributed by atoms with Crippen LogP contribution in [0.1, 0.15) is 0 Å². The molecule has 0 saturated heterocycles. The third-order valence-corrected chi connectivity index (χ3v) is 25.4. The van der Waals surface area contributed by atoms with Crippen LogP contribution in [0, 0.1) is 0 Å². The first kappa shape index (κ1) is 39.8. The fourth-order valence-corrected chi connectivity index (χ4v) is 25.2. The Labute approximate surface area is 351 Å². The summed E-state index contributed by atoms with van der Waals surface area (Å²) in [4.78, 5) is 0. The average molecular weight is 852 g/mol. The first-order valence-corrected chi connectivity index (χ1v) is 26.7. The van der Waals surface area contributed by atoms with Crippen molar-refractivity contribution in [1.82, 2.24) is 0 Å². The Kier molecular flexibility index (Phi) is 14.4. The van der Waals surface area contributed by atoms with Crippen molar-refractivity contribution in [3.8, 4) is 0 Å². The van der Waals surface area contributed by atoms with Crippen molar-refractivity contribution in [2.75, 3.05) is 12.3 Å². The second-order valence-electron chi connectivity index (χ2n) is 13.6. The van der Waals surface area contributed by atoms with Gasteiger partial charge in [-0.25, -0.2) is 0 Å². The van der Waals surface area contributed by atoms with E-state index in [-0.39, 0.29) is 0 Å². The van der Waals surface area contributed by atoms with Gasteiger partial charge in [0.2, 0.25) is 0 Å². The molecule has 2 unspecified atom stereocenters. The standard InChI is InChI=1S/2C26H23P2.Fe.H/c2*1-5-13-23(14-6-1)27(24-15-7-2-8-16-24)21-22-28(25-17-9-3-10-18-25)26-19-11-4-12-20-26;;/h2*1-21H,22H2;;. The van der Waals surface area contributed by atoms with Crippen molar-refractivity contribution in [3.63, 3.8) is 0 Å². The third-order valence-electron chi connectivity index (χ3n) is 9.93. The van der Waals surface area contributed by atoms with Crippen LogP contribution < -0.4 is 42.4 Å². The Morgan fingerprint density at radius 3 is 0.614 bits per heavy atom. The van der Waals surface area contributed by atoms with Gasteiger partial charge >= 0.3 is 353 Å².